The van der Waals surface area contributed by atoms with Crippen molar-refractivity contribution < 1.29 is 14.3 Å². The largest absolute Gasteiger partial charge is 0.482 e. The molecule has 0 saturated heterocycles. The lowest BCUT2D eigenvalue weighted by molar-refractivity contribution is -0.123. The maximum Gasteiger partial charge on any atom is 0.257 e. The molecule has 0 aromatic heterocycles. The van der Waals surface area contributed by atoms with E-state index >= 15 is 0 Å². The topological polar surface area (TPSA) is 73.6 Å². The van der Waals surface area contributed by atoms with Crippen LogP contribution in [-0.4, -0.2) is 32.8 Å². The maximum absolute atomic E-state index is 11.4. The summed E-state index contributed by atoms with van der Waals surface area (Å²) in [6.07, 6.45) is 0.787. The summed E-state index contributed by atoms with van der Waals surface area (Å²) in [6.45, 7) is 1.19. The predicted molar refractivity (Wildman–Crippen MR) is 65.9 cm³/mol. The molecule has 0 saturated carbocycles. The van der Waals surface area contributed by atoms with Crippen molar-refractivity contribution in [3.05, 3.63) is 24.3 Å². The van der Waals surface area contributed by atoms with Crippen LogP contribution >= 0.6 is 0 Å². The van der Waals surface area contributed by atoms with Gasteiger partial charge in [0.25, 0.3) is 5.91 Å². The molecule has 0 aliphatic heterocycles. The van der Waals surface area contributed by atoms with Gasteiger partial charge in [-0.2, -0.15) is 0 Å². The Balaban J connectivity index is 2.22. The summed E-state index contributed by atoms with van der Waals surface area (Å²) in [7, 11) is 1.63. The molecule has 1 aromatic carbocycles. The zero-order chi connectivity index (χ0) is 12.5. The first-order chi connectivity index (χ1) is 8.24. The first-order valence-corrected chi connectivity index (χ1v) is 5.47. The number of benzene rings is 1. The summed E-state index contributed by atoms with van der Waals surface area (Å²) in [5, 5.41) is 2.72. The second-order valence-corrected chi connectivity index (χ2v) is 3.52. The average Bonchev–Trinajstić information content (AvgIpc) is 2.34. The van der Waals surface area contributed by atoms with Gasteiger partial charge in [0.05, 0.1) is 5.69 Å². The van der Waals surface area contributed by atoms with Crippen LogP contribution in [-0.2, 0) is 9.53 Å². The number of nitrogens with two attached hydrogens (primary N) is 1. The maximum atomic E-state index is 11.4. The minimum Gasteiger partial charge on any atom is -0.482 e. The van der Waals surface area contributed by atoms with Crippen LogP contribution in [0.25, 0.3) is 0 Å². The van der Waals surface area contributed by atoms with E-state index < -0.39 is 0 Å². The molecule has 0 atom stereocenters. The van der Waals surface area contributed by atoms with Crippen molar-refractivity contribution >= 4 is 11.6 Å². The lowest BCUT2D eigenvalue weighted by Crippen LogP contribution is -2.30. The van der Waals surface area contributed by atoms with E-state index in [4.69, 9.17) is 15.2 Å². The van der Waals surface area contributed by atoms with Crippen molar-refractivity contribution in [1.29, 1.82) is 0 Å². The van der Waals surface area contributed by atoms with Gasteiger partial charge in [-0.25, -0.2) is 0 Å². The highest BCUT2D eigenvalue weighted by Crippen LogP contribution is 2.19. The number of amides is 1. The molecule has 0 spiro atoms. The van der Waals surface area contributed by atoms with Crippen molar-refractivity contribution in [3.8, 4) is 5.75 Å². The molecule has 17 heavy (non-hydrogen) atoms. The number of ether oxygens (including phenoxy) is 2. The van der Waals surface area contributed by atoms with Gasteiger partial charge in [-0.1, -0.05) is 12.1 Å². The van der Waals surface area contributed by atoms with Crippen LogP contribution in [0.1, 0.15) is 6.42 Å². The molecular formula is C12H18N2O3. The lowest BCUT2D eigenvalue weighted by Gasteiger charge is -2.08. The molecule has 0 bridgehead atoms. The fourth-order valence-electron chi connectivity index (χ4n) is 1.25. The first kappa shape index (κ1) is 13.3. The van der Waals surface area contributed by atoms with Crippen molar-refractivity contribution in [1.82, 2.24) is 5.32 Å². The van der Waals surface area contributed by atoms with E-state index in [-0.39, 0.29) is 12.5 Å². The SMILES string of the molecule is COCCCNC(=O)COc1ccccc1N. The van der Waals surface area contributed by atoms with Gasteiger partial charge < -0.3 is 20.5 Å². The normalized spacial score (nSPS) is 9.94. The molecule has 0 heterocycles. The Labute approximate surface area is 101 Å². The first-order valence-electron chi connectivity index (χ1n) is 5.47. The van der Waals surface area contributed by atoms with Crippen LogP contribution < -0.4 is 15.8 Å². The van der Waals surface area contributed by atoms with E-state index in [2.05, 4.69) is 5.32 Å². The van der Waals surface area contributed by atoms with Gasteiger partial charge >= 0.3 is 0 Å². The summed E-state index contributed by atoms with van der Waals surface area (Å²) >= 11 is 0. The van der Waals surface area contributed by atoms with Crippen LogP contribution in [0, 0.1) is 0 Å². The summed E-state index contributed by atoms with van der Waals surface area (Å²) < 4.78 is 10.2. The summed E-state index contributed by atoms with van der Waals surface area (Å²) in [5.74, 6) is 0.365. The van der Waals surface area contributed by atoms with E-state index in [1.165, 1.54) is 0 Å². The predicted octanol–water partition coefficient (Wildman–Crippen LogP) is 0.800. The number of anilines is 1. The molecule has 0 unspecified atom stereocenters. The lowest BCUT2D eigenvalue weighted by atomic mass is 10.3. The molecule has 0 aliphatic rings. The van der Waals surface area contributed by atoms with Crippen molar-refractivity contribution in [2.24, 2.45) is 0 Å². The van der Waals surface area contributed by atoms with E-state index in [1.807, 2.05) is 12.1 Å². The highest BCUT2D eigenvalue weighted by atomic mass is 16.5. The summed E-state index contributed by atoms with van der Waals surface area (Å²) in [6, 6.07) is 7.08. The van der Waals surface area contributed by atoms with Crippen LogP contribution in [0.5, 0.6) is 5.75 Å². The minimum absolute atomic E-state index is 0.0266. The Morgan fingerprint density at radius 1 is 1.41 bits per heavy atom. The number of carbonyl (C=O) groups is 1. The zero-order valence-electron chi connectivity index (χ0n) is 9.94. The third-order valence-corrected chi connectivity index (χ3v) is 2.13. The molecule has 0 fully saturated rings. The summed E-state index contributed by atoms with van der Waals surface area (Å²) in [4.78, 5) is 11.4. The minimum atomic E-state index is -0.163. The molecule has 3 N–H and O–H groups in total. The highest BCUT2D eigenvalue weighted by Gasteiger charge is 2.03. The second-order valence-electron chi connectivity index (χ2n) is 3.52. The molecule has 0 radical (unpaired) electrons. The van der Waals surface area contributed by atoms with Gasteiger partial charge in [-0.3, -0.25) is 4.79 Å². The zero-order valence-corrected chi connectivity index (χ0v) is 9.94. The number of hydrogen-bond acceptors (Lipinski definition) is 4. The highest BCUT2D eigenvalue weighted by molar-refractivity contribution is 5.77. The third kappa shape index (κ3) is 5.21. The Hall–Kier alpha value is -1.75. The Morgan fingerprint density at radius 3 is 2.88 bits per heavy atom. The van der Waals surface area contributed by atoms with Crippen LogP contribution in [0.3, 0.4) is 0 Å². The standard InChI is InChI=1S/C12H18N2O3/c1-16-8-4-7-14-12(15)9-17-11-6-3-2-5-10(11)13/h2-3,5-6H,4,7-9,13H2,1H3,(H,14,15). The molecule has 1 amide bonds. The van der Waals surface area contributed by atoms with Crippen molar-refractivity contribution in [2.45, 2.75) is 6.42 Å². The number of nitrogen functional groups attached to an aromatic ring is 1. The monoisotopic (exact) mass is 238 g/mol. The summed E-state index contributed by atoms with van der Waals surface area (Å²) in [5.41, 5.74) is 6.20. The number of nitrogens with one attached hydrogen (secondary N) is 1. The fraction of sp³-hybridized carbons (Fsp3) is 0.417. The van der Waals surface area contributed by atoms with E-state index in [0.29, 0.717) is 24.6 Å². The Morgan fingerprint density at radius 2 is 2.18 bits per heavy atom. The van der Waals surface area contributed by atoms with Crippen molar-refractivity contribution in [2.75, 3.05) is 32.6 Å². The average molecular weight is 238 g/mol. The van der Waals surface area contributed by atoms with Gasteiger partial charge in [-0.05, 0) is 18.6 Å². The molecule has 94 valence electrons. The van der Waals surface area contributed by atoms with Gasteiger partial charge in [0.2, 0.25) is 0 Å². The molecule has 5 nitrogen and oxygen atoms in total. The number of para-hydroxylation sites is 2. The van der Waals surface area contributed by atoms with Crippen molar-refractivity contribution in [3.63, 3.8) is 0 Å². The quantitative estimate of drug-likeness (QED) is 0.544. The van der Waals surface area contributed by atoms with Gasteiger partial charge in [0, 0.05) is 20.3 Å². The number of rotatable bonds is 7. The van der Waals surface area contributed by atoms with Gasteiger partial charge in [0.15, 0.2) is 6.61 Å². The fourth-order valence-corrected chi connectivity index (χ4v) is 1.25. The smallest absolute Gasteiger partial charge is 0.257 e. The second kappa shape index (κ2) is 7.51. The third-order valence-electron chi connectivity index (χ3n) is 2.13. The van der Waals surface area contributed by atoms with Gasteiger partial charge in [-0.15, -0.1) is 0 Å². The van der Waals surface area contributed by atoms with E-state index in [9.17, 15) is 4.79 Å². The van der Waals surface area contributed by atoms with E-state index in [1.54, 1.807) is 19.2 Å². The van der Waals surface area contributed by atoms with Gasteiger partial charge in [0.1, 0.15) is 5.75 Å². The number of carbonyl (C=O) groups excluding carboxylic acids is 1. The molecule has 1 aromatic rings. The number of methoxy groups -OCH3 is 1. The molecule has 0 aliphatic carbocycles. The van der Waals surface area contributed by atoms with E-state index in [0.717, 1.165) is 6.42 Å². The molecule has 1 rings (SSSR count). The Kier molecular flexibility index (Phi) is 5.88. The number of hydrogen-bond donors (Lipinski definition) is 2. The van der Waals surface area contributed by atoms with Crippen LogP contribution in [0.2, 0.25) is 0 Å². The van der Waals surface area contributed by atoms with Crippen LogP contribution in [0.15, 0.2) is 24.3 Å². The Bertz CT molecular complexity index is 355. The molecule has 5 heteroatoms. The molecular weight excluding hydrogens is 220 g/mol. The van der Waals surface area contributed by atoms with Crippen LogP contribution in [0.4, 0.5) is 5.69 Å².